The lowest BCUT2D eigenvalue weighted by Crippen LogP contribution is -2.34. The Kier molecular flexibility index (Phi) is 6.51. The molecule has 15 heavy (non-hydrogen) atoms. The van der Waals surface area contributed by atoms with Crippen LogP contribution >= 0.6 is 0 Å². The van der Waals surface area contributed by atoms with Crippen LogP contribution in [0.15, 0.2) is 0 Å². The van der Waals surface area contributed by atoms with Crippen LogP contribution < -0.4 is 0 Å². The highest BCUT2D eigenvalue weighted by atomic mass is 32.2. The maximum atomic E-state index is 11.4. The highest BCUT2D eigenvalue weighted by Gasteiger charge is 2.18. The molecule has 0 rings (SSSR count). The van der Waals surface area contributed by atoms with Crippen molar-refractivity contribution in [3.63, 3.8) is 0 Å². The van der Waals surface area contributed by atoms with Gasteiger partial charge in [0.1, 0.15) is 5.75 Å². The van der Waals surface area contributed by atoms with E-state index in [1.807, 2.05) is 6.92 Å². The van der Waals surface area contributed by atoms with Crippen LogP contribution in [0.2, 0.25) is 0 Å². The zero-order valence-corrected chi connectivity index (χ0v) is 10.1. The minimum atomic E-state index is -3.44. The number of aliphatic hydroxyl groups is 1. The normalized spacial score (nSPS) is 11.4. The van der Waals surface area contributed by atoms with Crippen LogP contribution in [-0.2, 0) is 14.6 Å². The molecule has 0 radical (unpaired) electrons. The number of nitrogens with zero attached hydrogens (tertiary/aromatic N) is 1. The van der Waals surface area contributed by atoms with E-state index in [0.717, 1.165) is 12.8 Å². The van der Waals surface area contributed by atoms with Gasteiger partial charge in [-0.1, -0.05) is 13.3 Å². The van der Waals surface area contributed by atoms with Crippen LogP contribution in [0.25, 0.3) is 0 Å². The Labute approximate surface area is 91.0 Å². The molecule has 5 nitrogen and oxygen atoms in total. The number of rotatable bonds is 7. The molecule has 90 valence electrons. The summed E-state index contributed by atoms with van der Waals surface area (Å²) >= 11 is 0. The third-order valence-corrected chi connectivity index (χ3v) is 3.51. The van der Waals surface area contributed by atoms with Crippen LogP contribution in [0, 0.1) is 0 Å². The van der Waals surface area contributed by atoms with Gasteiger partial charge in [0.15, 0.2) is 9.84 Å². The summed E-state index contributed by atoms with van der Waals surface area (Å²) in [6, 6.07) is 0. The summed E-state index contributed by atoms with van der Waals surface area (Å²) in [5.41, 5.74) is 0. The maximum Gasteiger partial charge on any atom is 0.237 e. The Bertz CT molecular complexity index is 286. The number of unbranched alkanes of at least 4 members (excludes halogenated alkanes) is 1. The van der Waals surface area contributed by atoms with Crippen molar-refractivity contribution >= 4 is 15.7 Å². The van der Waals surface area contributed by atoms with E-state index in [2.05, 4.69) is 0 Å². The molecule has 0 bridgehead atoms. The molecule has 0 aromatic rings. The Balaban J connectivity index is 4.12. The van der Waals surface area contributed by atoms with Gasteiger partial charge in [0.25, 0.3) is 0 Å². The lowest BCUT2D eigenvalue weighted by molar-refractivity contribution is -0.127. The summed E-state index contributed by atoms with van der Waals surface area (Å²) in [6.45, 7) is 2.14. The third kappa shape index (κ3) is 6.46. The number of hydrogen-bond donors (Lipinski definition) is 1. The van der Waals surface area contributed by atoms with Gasteiger partial charge in [-0.05, 0) is 6.42 Å². The molecule has 1 N–H and O–H groups in total. The van der Waals surface area contributed by atoms with Gasteiger partial charge in [-0.25, -0.2) is 8.42 Å². The molecular weight excluding hydrogens is 218 g/mol. The van der Waals surface area contributed by atoms with E-state index in [1.54, 1.807) is 7.05 Å². The van der Waals surface area contributed by atoms with Crippen LogP contribution in [0.3, 0.4) is 0 Å². The van der Waals surface area contributed by atoms with Gasteiger partial charge in [0.05, 0.1) is 12.4 Å². The van der Waals surface area contributed by atoms with Gasteiger partial charge in [0, 0.05) is 13.6 Å². The SMILES string of the molecule is CCCCN(C)C(=O)CS(=O)(=O)CCO. The topological polar surface area (TPSA) is 74.7 Å². The van der Waals surface area contributed by atoms with Crippen LogP contribution in [0.1, 0.15) is 19.8 Å². The standard InChI is InChI=1S/C9H19NO4S/c1-3-4-5-10(2)9(12)8-15(13,14)7-6-11/h11H,3-8H2,1-2H3. The first kappa shape index (κ1) is 14.4. The van der Waals surface area contributed by atoms with Gasteiger partial charge < -0.3 is 10.0 Å². The molecule has 0 aromatic heterocycles. The molecule has 0 atom stereocenters. The molecule has 6 heteroatoms. The van der Waals surface area contributed by atoms with E-state index in [4.69, 9.17) is 5.11 Å². The summed E-state index contributed by atoms with van der Waals surface area (Å²) in [6.07, 6.45) is 1.82. The van der Waals surface area contributed by atoms with Gasteiger partial charge in [0.2, 0.25) is 5.91 Å². The van der Waals surface area contributed by atoms with Gasteiger partial charge in [-0.15, -0.1) is 0 Å². The van der Waals surface area contributed by atoms with Crippen LogP contribution in [0.5, 0.6) is 0 Å². The second-order valence-corrected chi connectivity index (χ2v) is 5.67. The highest BCUT2D eigenvalue weighted by molar-refractivity contribution is 7.92. The van der Waals surface area contributed by atoms with Crippen molar-refractivity contribution in [2.24, 2.45) is 0 Å². The number of carbonyl (C=O) groups excluding carboxylic acids is 1. The molecule has 0 fully saturated rings. The molecule has 0 heterocycles. The summed E-state index contributed by atoms with van der Waals surface area (Å²) in [4.78, 5) is 12.8. The van der Waals surface area contributed by atoms with Gasteiger partial charge in [-0.3, -0.25) is 4.79 Å². The molecule has 0 aliphatic heterocycles. The first-order valence-corrected chi connectivity index (χ1v) is 6.80. The van der Waals surface area contributed by atoms with Crippen molar-refractivity contribution in [3.8, 4) is 0 Å². The predicted molar refractivity (Wildman–Crippen MR) is 58.3 cm³/mol. The van der Waals surface area contributed by atoms with E-state index in [0.29, 0.717) is 6.54 Å². The molecule has 0 aliphatic rings. The van der Waals surface area contributed by atoms with E-state index in [9.17, 15) is 13.2 Å². The molecule has 0 spiro atoms. The van der Waals surface area contributed by atoms with Gasteiger partial charge in [-0.2, -0.15) is 0 Å². The molecule has 0 saturated heterocycles. The first-order chi connectivity index (χ1) is 6.93. The number of aliphatic hydroxyl groups excluding tert-OH is 1. The fourth-order valence-electron chi connectivity index (χ4n) is 1.03. The molecule has 0 aromatic carbocycles. The van der Waals surface area contributed by atoms with E-state index in [-0.39, 0.29) is 5.75 Å². The monoisotopic (exact) mass is 237 g/mol. The molecule has 0 unspecified atom stereocenters. The average Bonchev–Trinajstić information content (AvgIpc) is 2.13. The summed E-state index contributed by atoms with van der Waals surface area (Å²) in [5.74, 6) is -1.26. The lowest BCUT2D eigenvalue weighted by Gasteiger charge is -2.16. The van der Waals surface area contributed by atoms with Crippen molar-refractivity contribution < 1.29 is 18.3 Å². The van der Waals surface area contributed by atoms with E-state index >= 15 is 0 Å². The van der Waals surface area contributed by atoms with E-state index in [1.165, 1.54) is 4.90 Å². The zero-order valence-electron chi connectivity index (χ0n) is 9.27. The van der Waals surface area contributed by atoms with Crippen molar-refractivity contribution in [2.75, 3.05) is 31.7 Å². The first-order valence-electron chi connectivity index (χ1n) is 4.98. The largest absolute Gasteiger partial charge is 0.395 e. The third-order valence-electron chi connectivity index (χ3n) is 2.02. The minimum Gasteiger partial charge on any atom is -0.395 e. The fraction of sp³-hybridized carbons (Fsp3) is 0.889. The zero-order chi connectivity index (χ0) is 11.9. The van der Waals surface area contributed by atoms with E-state index < -0.39 is 28.1 Å². The molecule has 0 aliphatic carbocycles. The smallest absolute Gasteiger partial charge is 0.237 e. The number of amides is 1. The van der Waals surface area contributed by atoms with Crippen molar-refractivity contribution in [1.82, 2.24) is 4.90 Å². The second-order valence-electron chi connectivity index (χ2n) is 3.48. The number of hydrogen-bond acceptors (Lipinski definition) is 4. The maximum absolute atomic E-state index is 11.4. The Morgan fingerprint density at radius 1 is 1.40 bits per heavy atom. The van der Waals surface area contributed by atoms with Crippen LogP contribution in [-0.4, -0.2) is 56.0 Å². The van der Waals surface area contributed by atoms with Gasteiger partial charge >= 0.3 is 0 Å². The fourth-order valence-corrected chi connectivity index (χ4v) is 2.05. The summed E-state index contributed by atoms with van der Waals surface area (Å²) in [5, 5.41) is 8.49. The predicted octanol–water partition coefficient (Wildman–Crippen LogP) is -0.348. The number of sulfone groups is 1. The second kappa shape index (κ2) is 6.79. The van der Waals surface area contributed by atoms with Crippen LogP contribution in [0.4, 0.5) is 0 Å². The Hall–Kier alpha value is -0.620. The average molecular weight is 237 g/mol. The Morgan fingerprint density at radius 3 is 2.47 bits per heavy atom. The van der Waals surface area contributed by atoms with Crippen molar-refractivity contribution in [3.05, 3.63) is 0 Å². The number of carbonyl (C=O) groups is 1. The van der Waals surface area contributed by atoms with Crippen molar-refractivity contribution in [1.29, 1.82) is 0 Å². The summed E-state index contributed by atoms with van der Waals surface area (Å²) < 4.78 is 22.4. The molecule has 1 amide bonds. The molecular formula is C9H19NO4S. The quantitative estimate of drug-likeness (QED) is 0.657. The Morgan fingerprint density at radius 2 is 2.00 bits per heavy atom. The lowest BCUT2D eigenvalue weighted by atomic mass is 10.3. The van der Waals surface area contributed by atoms with Crippen molar-refractivity contribution in [2.45, 2.75) is 19.8 Å². The summed E-state index contributed by atoms with van der Waals surface area (Å²) in [7, 11) is -1.85. The minimum absolute atomic E-state index is 0.347. The molecule has 0 saturated carbocycles. The highest BCUT2D eigenvalue weighted by Crippen LogP contribution is 1.97.